The molecule has 0 unspecified atom stereocenters. The molecule has 0 saturated carbocycles. The minimum absolute atomic E-state index is 0.883. The molecule has 132 valence electrons. The summed E-state index contributed by atoms with van der Waals surface area (Å²) in [4.78, 5) is 0. The van der Waals surface area contributed by atoms with E-state index in [1.54, 1.807) is 0 Å². The molecule has 0 radical (unpaired) electrons. The summed E-state index contributed by atoms with van der Waals surface area (Å²) < 4.78 is 12.3. The minimum Gasteiger partial charge on any atom is -0.456 e. The average molecular weight is 360 g/mol. The van der Waals surface area contributed by atoms with E-state index < -0.39 is 0 Å². The second-order valence-corrected chi connectivity index (χ2v) is 7.00. The van der Waals surface area contributed by atoms with Crippen LogP contribution in [0, 0.1) is 0 Å². The van der Waals surface area contributed by atoms with Crippen molar-refractivity contribution in [3.8, 4) is 22.6 Å². The van der Waals surface area contributed by atoms with E-state index in [2.05, 4.69) is 60.7 Å². The third kappa shape index (κ3) is 2.28. The molecule has 28 heavy (non-hydrogen) atoms. The highest BCUT2D eigenvalue weighted by Gasteiger charge is 2.14. The first kappa shape index (κ1) is 15.3. The second-order valence-electron chi connectivity index (χ2n) is 7.00. The van der Waals surface area contributed by atoms with Crippen LogP contribution in [0.5, 0.6) is 0 Å². The van der Waals surface area contributed by atoms with Gasteiger partial charge in [-0.25, -0.2) is 0 Å². The van der Waals surface area contributed by atoms with Crippen LogP contribution in [0.15, 0.2) is 106 Å². The number of hydrogen-bond acceptors (Lipinski definition) is 2. The second kappa shape index (κ2) is 5.86. The topological polar surface area (TPSA) is 26.3 Å². The summed E-state index contributed by atoms with van der Waals surface area (Å²) in [6, 6.07) is 33.1. The van der Waals surface area contributed by atoms with E-state index in [-0.39, 0.29) is 0 Å². The van der Waals surface area contributed by atoms with Gasteiger partial charge in [0, 0.05) is 21.9 Å². The molecule has 0 aliphatic carbocycles. The largest absolute Gasteiger partial charge is 0.456 e. The number of para-hydroxylation sites is 2. The van der Waals surface area contributed by atoms with Crippen LogP contribution >= 0.6 is 0 Å². The first-order chi connectivity index (χ1) is 13.9. The van der Waals surface area contributed by atoms with Crippen molar-refractivity contribution >= 4 is 32.7 Å². The average Bonchev–Trinajstić information content (AvgIpc) is 3.36. The quantitative estimate of drug-likeness (QED) is 0.317. The van der Waals surface area contributed by atoms with Gasteiger partial charge in [0.15, 0.2) is 0 Å². The Balaban J connectivity index is 1.59. The third-order valence-electron chi connectivity index (χ3n) is 5.30. The lowest BCUT2D eigenvalue weighted by Gasteiger charge is -2.07. The van der Waals surface area contributed by atoms with Crippen molar-refractivity contribution in [2.45, 2.75) is 0 Å². The first-order valence-corrected chi connectivity index (χ1v) is 9.36. The van der Waals surface area contributed by atoms with Crippen LogP contribution in [0.25, 0.3) is 55.4 Å². The third-order valence-corrected chi connectivity index (χ3v) is 5.30. The molecule has 0 aliphatic heterocycles. The lowest BCUT2D eigenvalue weighted by atomic mass is 9.97. The maximum Gasteiger partial charge on any atom is 0.136 e. The van der Waals surface area contributed by atoms with Gasteiger partial charge in [-0.3, -0.25) is 0 Å². The molecule has 0 fully saturated rings. The van der Waals surface area contributed by atoms with Gasteiger partial charge in [0.05, 0.1) is 0 Å². The van der Waals surface area contributed by atoms with Crippen LogP contribution in [0.4, 0.5) is 0 Å². The fourth-order valence-corrected chi connectivity index (χ4v) is 3.97. The summed E-state index contributed by atoms with van der Waals surface area (Å²) in [5, 5.41) is 4.53. The van der Waals surface area contributed by atoms with Gasteiger partial charge in [-0.1, -0.05) is 72.8 Å². The Labute approximate surface area is 161 Å². The predicted octanol–water partition coefficient (Wildman–Crippen LogP) is 7.67. The first-order valence-electron chi connectivity index (χ1n) is 9.36. The summed E-state index contributed by atoms with van der Waals surface area (Å²) >= 11 is 0. The van der Waals surface area contributed by atoms with Crippen LogP contribution in [-0.4, -0.2) is 0 Å². The Morgan fingerprint density at radius 3 is 1.36 bits per heavy atom. The lowest BCUT2D eigenvalue weighted by molar-refractivity contribution is 0.631. The normalized spacial score (nSPS) is 11.6. The van der Waals surface area contributed by atoms with Crippen LogP contribution in [-0.2, 0) is 0 Å². The number of hydrogen-bond donors (Lipinski definition) is 0. The van der Waals surface area contributed by atoms with Crippen molar-refractivity contribution < 1.29 is 8.83 Å². The van der Waals surface area contributed by atoms with Gasteiger partial charge in [0.1, 0.15) is 22.7 Å². The molecule has 2 nitrogen and oxygen atoms in total. The van der Waals surface area contributed by atoms with Gasteiger partial charge in [0.2, 0.25) is 0 Å². The fraction of sp³-hybridized carbons (Fsp3) is 0. The number of furan rings is 2. The molecule has 2 heterocycles. The molecule has 0 amide bonds. The zero-order valence-corrected chi connectivity index (χ0v) is 15.1. The lowest BCUT2D eigenvalue weighted by Crippen LogP contribution is -1.83. The Kier molecular flexibility index (Phi) is 3.20. The van der Waals surface area contributed by atoms with Crippen molar-refractivity contribution in [2.24, 2.45) is 0 Å². The Morgan fingerprint density at radius 1 is 0.429 bits per heavy atom. The molecular weight excluding hydrogens is 344 g/mol. The number of benzene rings is 4. The summed E-state index contributed by atoms with van der Waals surface area (Å²) in [5.41, 5.74) is 3.99. The molecular formula is C26H16O2. The fourth-order valence-electron chi connectivity index (χ4n) is 3.97. The molecule has 4 aromatic carbocycles. The van der Waals surface area contributed by atoms with E-state index in [1.807, 2.05) is 36.4 Å². The van der Waals surface area contributed by atoms with Crippen molar-refractivity contribution in [2.75, 3.05) is 0 Å². The number of rotatable bonds is 2. The van der Waals surface area contributed by atoms with Crippen LogP contribution in [0.1, 0.15) is 0 Å². The van der Waals surface area contributed by atoms with Gasteiger partial charge in [-0.2, -0.15) is 0 Å². The summed E-state index contributed by atoms with van der Waals surface area (Å²) in [6.45, 7) is 0. The molecule has 2 heteroatoms. The Bertz CT molecular complexity index is 1290. The number of fused-ring (bicyclic) bond motifs is 3. The zero-order chi connectivity index (χ0) is 18.5. The molecule has 2 aromatic heterocycles. The van der Waals surface area contributed by atoms with Gasteiger partial charge in [-0.05, 0) is 35.0 Å². The Hall–Kier alpha value is -3.78. The van der Waals surface area contributed by atoms with E-state index in [9.17, 15) is 0 Å². The van der Waals surface area contributed by atoms with E-state index in [4.69, 9.17) is 8.83 Å². The van der Waals surface area contributed by atoms with Gasteiger partial charge in [-0.15, -0.1) is 0 Å². The van der Waals surface area contributed by atoms with E-state index in [0.29, 0.717) is 0 Å². The standard InChI is InChI=1S/C26H16O2/c1-3-13-23-17(7-1)15-25(27-23)21-11-5-10-20-19(21)9-6-12-22(20)26-16-18-8-2-4-14-24(18)28-26/h1-16H. The van der Waals surface area contributed by atoms with Crippen molar-refractivity contribution in [1.29, 1.82) is 0 Å². The zero-order valence-electron chi connectivity index (χ0n) is 15.1. The van der Waals surface area contributed by atoms with E-state index in [0.717, 1.165) is 55.4 Å². The van der Waals surface area contributed by atoms with Crippen LogP contribution < -0.4 is 0 Å². The smallest absolute Gasteiger partial charge is 0.136 e. The predicted molar refractivity (Wildman–Crippen MR) is 114 cm³/mol. The molecule has 6 aromatic rings. The molecule has 0 bridgehead atoms. The van der Waals surface area contributed by atoms with Gasteiger partial charge >= 0.3 is 0 Å². The highest BCUT2D eigenvalue weighted by Crippen LogP contribution is 2.38. The SMILES string of the molecule is c1ccc2oc(-c3cccc4c(-c5cc6ccccc6o5)cccc34)cc2c1. The molecule has 0 atom stereocenters. The van der Waals surface area contributed by atoms with E-state index >= 15 is 0 Å². The highest BCUT2D eigenvalue weighted by molar-refractivity contribution is 6.04. The van der Waals surface area contributed by atoms with Crippen molar-refractivity contribution in [3.05, 3.63) is 97.1 Å². The highest BCUT2D eigenvalue weighted by atomic mass is 16.3. The maximum atomic E-state index is 6.13. The van der Waals surface area contributed by atoms with Gasteiger partial charge < -0.3 is 8.83 Å². The minimum atomic E-state index is 0.883. The van der Waals surface area contributed by atoms with Crippen LogP contribution in [0.2, 0.25) is 0 Å². The van der Waals surface area contributed by atoms with Gasteiger partial charge in [0.25, 0.3) is 0 Å². The molecule has 0 spiro atoms. The maximum absolute atomic E-state index is 6.13. The van der Waals surface area contributed by atoms with Crippen molar-refractivity contribution in [3.63, 3.8) is 0 Å². The Morgan fingerprint density at radius 2 is 0.893 bits per heavy atom. The van der Waals surface area contributed by atoms with Crippen molar-refractivity contribution in [1.82, 2.24) is 0 Å². The summed E-state index contributed by atoms with van der Waals surface area (Å²) in [6.07, 6.45) is 0. The van der Waals surface area contributed by atoms with Crippen LogP contribution in [0.3, 0.4) is 0 Å². The molecule has 0 N–H and O–H groups in total. The molecule has 0 saturated heterocycles. The molecule has 6 rings (SSSR count). The summed E-state index contributed by atoms with van der Waals surface area (Å²) in [5.74, 6) is 1.77. The van der Waals surface area contributed by atoms with E-state index in [1.165, 1.54) is 0 Å². The molecule has 0 aliphatic rings. The monoisotopic (exact) mass is 360 g/mol. The summed E-state index contributed by atoms with van der Waals surface area (Å²) in [7, 11) is 0.